The highest BCUT2D eigenvalue weighted by Crippen LogP contribution is 2.33. The van der Waals surface area contributed by atoms with Gasteiger partial charge in [-0.2, -0.15) is 0 Å². The van der Waals surface area contributed by atoms with E-state index in [4.69, 9.17) is 0 Å². The van der Waals surface area contributed by atoms with Crippen LogP contribution in [-0.2, 0) is 4.79 Å². The summed E-state index contributed by atoms with van der Waals surface area (Å²) < 4.78 is 0. The summed E-state index contributed by atoms with van der Waals surface area (Å²) in [6, 6.07) is 16.9. The van der Waals surface area contributed by atoms with Crippen LogP contribution in [0.25, 0.3) is 0 Å². The molecule has 1 unspecified atom stereocenters. The number of hydrogen-bond donors (Lipinski definition) is 1. The average Bonchev–Trinajstić information content (AvgIpc) is 2.60. The van der Waals surface area contributed by atoms with Gasteiger partial charge in [0.25, 0.3) is 5.91 Å². The van der Waals surface area contributed by atoms with Gasteiger partial charge in [-0.15, -0.1) is 0 Å². The molecule has 124 valence electrons. The third kappa shape index (κ3) is 3.91. The Labute approximate surface area is 143 Å². The third-order valence-electron chi connectivity index (χ3n) is 4.68. The fourth-order valence-corrected chi connectivity index (χ4v) is 3.36. The van der Waals surface area contributed by atoms with Gasteiger partial charge in [-0.05, 0) is 36.6 Å². The molecular weight excluding hydrogens is 298 g/mol. The molecule has 1 N–H and O–H groups in total. The molecule has 0 aromatic heterocycles. The van der Waals surface area contributed by atoms with Crippen LogP contribution in [0.15, 0.2) is 54.6 Å². The molecule has 24 heavy (non-hydrogen) atoms. The van der Waals surface area contributed by atoms with Crippen molar-refractivity contribution in [1.29, 1.82) is 0 Å². The molecule has 0 radical (unpaired) electrons. The average molecular weight is 321 g/mol. The molecule has 1 amide bonds. The van der Waals surface area contributed by atoms with Gasteiger partial charge in [-0.1, -0.05) is 55.7 Å². The molecule has 1 aliphatic rings. The summed E-state index contributed by atoms with van der Waals surface area (Å²) >= 11 is 0. The van der Waals surface area contributed by atoms with E-state index in [9.17, 15) is 9.59 Å². The molecule has 2 aromatic rings. The number of hydrogen-bond acceptors (Lipinski definition) is 2. The highest BCUT2D eigenvalue weighted by molar-refractivity contribution is 6.05. The zero-order valence-corrected chi connectivity index (χ0v) is 13.8. The van der Waals surface area contributed by atoms with Crippen LogP contribution in [0.2, 0.25) is 0 Å². The molecule has 3 rings (SSSR count). The Hall–Kier alpha value is -2.42. The third-order valence-corrected chi connectivity index (χ3v) is 4.68. The smallest absolute Gasteiger partial charge is 0.255 e. The SMILES string of the molecule is O=C(Nc1ccccc1C1CCCCCCC1=O)c1ccccc1. The van der Waals surface area contributed by atoms with Gasteiger partial charge >= 0.3 is 0 Å². The molecule has 0 aliphatic heterocycles. The first kappa shape index (κ1) is 16.4. The van der Waals surface area contributed by atoms with Crippen LogP contribution in [0.5, 0.6) is 0 Å². The number of para-hydroxylation sites is 1. The molecule has 3 heteroatoms. The van der Waals surface area contributed by atoms with E-state index < -0.39 is 0 Å². The van der Waals surface area contributed by atoms with Crippen molar-refractivity contribution in [3.63, 3.8) is 0 Å². The normalized spacial score (nSPS) is 18.5. The monoisotopic (exact) mass is 321 g/mol. The van der Waals surface area contributed by atoms with Gasteiger partial charge in [0.2, 0.25) is 0 Å². The number of benzene rings is 2. The number of carbonyl (C=O) groups is 2. The minimum atomic E-state index is -0.138. The van der Waals surface area contributed by atoms with E-state index in [1.165, 1.54) is 6.42 Å². The summed E-state index contributed by atoms with van der Waals surface area (Å²) in [6.45, 7) is 0. The summed E-state index contributed by atoms with van der Waals surface area (Å²) in [5.41, 5.74) is 2.33. The van der Waals surface area contributed by atoms with Gasteiger partial charge in [-0.3, -0.25) is 9.59 Å². The minimum Gasteiger partial charge on any atom is -0.322 e. The van der Waals surface area contributed by atoms with Crippen molar-refractivity contribution < 1.29 is 9.59 Å². The van der Waals surface area contributed by atoms with Gasteiger partial charge in [0.1, 0.15) is 5.78 Å². The molecule has 1 atom stereocenters. The molecule has 0 saturated heterocycles. The van der Waals surface area contributed by atoms with Crippen molar-refractivity contribution in [2.45, 2.75) is 44.4 Å². The second-order valence-corrected chi connectivity index (χ2v) is 6.38. The lowest BCUT2D eigenvalue weighted by molar-refractivity contribution is -0.121. The second kappa shape index (κ2) is 7.91. The zero-order chi connectivity index (χ0) is 16.8. The van der Waals surface area contributed by atoms with Crippen molar-refractivity contribution in [2.24, 2.45) is 0 Å². The van der Waals surface area contributed by atoms with E-state index in [0.29, 0.717) is 17.8 Å². The topological polar surface area (TPSA) is 46.2 Å². The summed E-state index contributed by atoms with van der Waals surface area (Å²) in [5, 5.41) is 2.99. The first-order valence-electron chi connectivity index (χ1n) is 8.74. The van der Waals surface area contributed by atoms with Crippen LogP contribution in [-0.4, -0.2) is 11.7 Å². The van der Waals surface area contributed by atoms with E-state index in [-0.39, 0.29) is 11.8 Å². The maximum Gasteiger partial charge on any atom is 0.255 e. The van der Waals surface area contributed by atoms with Crippen LogP contribution in [0.4, 0.5) is 5.69 Å². The van der Waals surface area contributed by atoms with Crippen LogP contribution in [0.1, 0.15) is 60.4 Å². The highest BCUT2D eigenvalue weighted by Gasteiger charge is 2.24. The van der Waals surface area contributed by atoms with E-state index in [1.54, 1.807) is 12.1 Å². The minimum absolute atomic E-state index is 0.0995. The van der Waals surface area contributed by atoms with Crippen LogP contribution in [0.3, 0.4) is 0 Å². The Morgan fingerprint density at radius 1 is 0.875 bits per heavy atom. The van der Waals surface area contributed by atoms with Crippen molar-refractivity contribution in [3.05, 3.63) is 65.7 Å². The molecule has 1 fully saturated rings. The molecule has 0 heterocycles. The molecule has 0 spiro atoms. The Morgan fingerprint density at radius 3 is 2.42 bits per heavy atom. The van der Waals surface area contributed by atoms with Crippen molar-refractivity contribution >= 4 is 17.4 Å². The summed E-state index contributed by atoms with van der Waals surface area (Å²) in [6.07, 6.45) is 5.89. The fourth-order valence-electron chi connectivity index (χ4n) is 3.36. The number of nitrogens with one attached hydrogen (secondary N) is 1. The first-order chi connectivity index (χ1) is 11.8. The van der Waals surface area contributed by atoms with Crippen LogP contribution < -0.4 is 5.32 Å². The predicted molar refractivity (Wildman–Crippen MR) is 96.3 cm³/mol. The molecule has 1 saturated carbocycles. The van der Waals surface area contributed by atoms with Crippen molar-refractivity contribution in [2.75, 3.05) is 5.32 Å². The second-order valence-electron chi connectivity index (χ2n) is 6.38. The number of ketones is 1. The molecule has 1 aliphatic carbocycles. The van der Waals surface area contributed by atoms with Gasteiger partial charge in [0.15, 0.2) is 0 Å². The van der Waals surface area contributed by atoms with Crippen molar-refractivity contribution in [3.8, 4) is 0 Å². The zero-order valence-electron chi connectivity index (χ0n) is 13.8. The summed E-state index contributed by atoms with van der Waals surface area (Å²) in [7, 11) is 0. The molecule has 2 aromatic carbocycles. The number of anilines is 1. The van der Waals surface area contributed by atoms with E-state index in [0.717, 1.165) is 36.9 Å². The lowest BCUT2D eigenvalue weighted by Gasteiger charge is -2.22. The van der Waals surface area contributed by atoms with Crippen molar-refractivity contribution in [1.82, 2.24) is 0 Å². The van der Waals surface area contributed by atoms with Gasteiger partial charge in [0, 0.05) is 23.6 Å². The highest BCUT2D eigenvalue weighted by atomic mass is 16.1. The Bertz CT molecular complexity index is 709. The quantitative estimate of drug-likeness (QED) is 0.869. The van der Waals surface area contributed by atoms with Crippen LogP contribution >= 0.6 is 0 Å². The maximum absolute atomic E-state index is 12.6. The Kier molecular flexibility index (Phi) is 5.42. The van der Waals surface area contributed by atoms with E-state index in [2.05, 4.69) is 5.32 Å². The standard InChI is InChI=1S/C21H23NO2/c23-20-15-7-2-1-6-13-18(20)17-12-8-9-14-19(17)22-21(24)16-10-4-3-5-11-16/h3-5,8-12,14,18H,1-2,6-7,13,15H2,(H,22,24). The number of Topliss-reactive ketones (excluding diaryl/α,β-unsaturated/α-hetero) is 1. The van der Waals surface area contributed by atoms with Gasteiger partial charge in [-0.25, -0.2) is 0 Å². The number of carbonyl (C=O) groups excluding carboxylic acids is 2. The Morgan fingerprint density at radius 2 is 1.58 bits per heavy atom. The lowest BCUT2D eigenvalue weighted by Crippen LogP contribution is -2.19. The molecule has 3 nitrogen and oxygen atoms in total. The summed E-state index contributed by atoms with van der Waals surface area (Å²) in [4.78, 5) is 25.0. The fraction of sp³-hybridized carbons (Fsp3) is 0.333. The maximum atomic E-state index is 12.6. The number of amides is 1. The number of rotatable bonds is 3. The largest absolute Gasteiger partial charge is 0.322 e. The molecular formula is C21H23NO2. The van der Waals surface area contributed by atoms with Gasteiger partial charge < -0.3 is 5.32 Å². The Balaban J connectivity index is 1.84. The van der Waals surface area contributed by atoms with Crippen LogP contribution in [0, 0.1) is 0 Å². The lowest BCUT2D eigenvalue weighted by atomic mass is 9.84. The van der Waals surface area contributed by atoms with E-state index in [1.807, 2.05) is 42.5 Å². The summed E-state index contributed by atoms with van der Waals surface area (Å²) in [5.74, 6) is 0.0648. The van der Waals surface area contributed by atoms with E-state index >= 15 is 0 Å². The van der Waals surface area contributed by atoms with Gasteiger partial charge in [0.05, 0.1) is 0 Å². The first-order valence-corrected chi connectivity index (χ1v) is 8.74. The molecule has 0 bridgehead atoms. The predicted octanol–water partition coefficient (Wildman–Crippen LogP) is 4.95.